The van der Waals surface area contributed by atoms with Gasteiger partial charge in [0, 0.05) is 11.1 Å². The number of benzene rings is 2. The van der Waals surface area contributed by atoms with Gasteiger partial charge in [0.05, 0.1) is 5.41 Å². The summed E-state index contributed by atoms with van der Waals surface area (Å²) in [5.74, 6) is 1.95. The lowest BCUT2D eigenvalue weighted by Gasteiger charge is -2.40. The highest BCUT2D eigenvalue weighted by atomic mass is 16.5. The van der Waals surface area contributed by atoms with Crippen LogP contribution in [0.25, 0.3) is 11.1 Å². The van der Waals surface area contributed by atoms with Crippen LogP contribution in [0.4, 0.5) is 0 Å². The third kappa shape index (κ3) is 2.03. The fraction of sp³-hybridized carbons (Fsp3) is 0.200. The van der Waals surface area contributed by atoms with Crippen molar-refractivity contribution in [2.75, 3.05) is 0 Å². The van der Waals surface area contributed by atoms with Gasteiger partial charge in [-0.15, -0.1) is 0 Å². The molecule has 0 N–H and O–H groups in total. The Hall–Kier alpha value is -2.80. The Balaban J connectivity index is 2.22. The molecule has 0 fully saturated rings. The van der Waals surface area contributed by atoms with Crippen LogP contribution in [-0.4, -0.2) is 0 Å². The molecule has 2 aliphatic rings. The van der Waals surface area contributed by atoms with Crippen molar-refractivity contribution in [3.05, 3.63) is 107 Å². The smallest absolute Gasteiger partial charge is 0.105 e. The Morgan fingerprint density at radius 2 is 1.12 bits per heavy atom. The van der Waals surface area contributed by atoms with E-state index in [1.165, 1.54) is 33.4 Å². The minimum Gasteiger partial charge on any atom is -0.466 e. The highest BCUT2D eigenvalue weighted by molar-refractivity contribution is 5.87. The molecule has 1 heteroatoms. The van der Waals surface area contributed by atoms with E-state index >= 15 is 0 Å². The minimum absolute atomic E-state index is 0.321. The van der Waals surface area contributed by atoms with Crippen molar-refractivity contribution in [3.8, 4) is 11.1 Å². The topological polar surface area (TPSA) is 9.23 Å². The molecular formula is C25H24O. The second kappa shape index (κ2) is 6.17. The molecule has 1 aliphatic heterocycles. The van der Waals surface area contributed by atoms with Gasteiger partial charge in [-0.2, -0.15) is 0 Å². The number of hydrogen-bond donors (Lipinski definition) is 0. The zero-order valence-electron chi connectivity index (χ0n) is 15.8. The first kappa shape index (κ1) is 16.7. The predicted molar refractivity (Wildman–Crippen MR) is 109 cm³/mol. The van der Waals surface area contributed by atoms with Crippen LogP contribution in [0.2, 0.25) is 0 Å². The van der Waals surface area contributed by atoms with Crippen molar-refractivity contribution in [1.29, 1.82) is 0 Å². The van der Waals surface area contributed by atoms with Gasteiger partial charge in [-0.1, -0.05) is 72.8 Å². The molecule has 0 atom stereocenters. The monoisotopic (exact) mass is 340 g/mol. The summed E-state index contributed by atoms with van der Waals surface area (Å²) < 4.78 is 6.19. The standard InChI is InChI=1S/C25H24O/c1-5-11-21-17(3)26-18(4)22(12-6-2)25(21)23-15-9-7-13-19(23)20-14-8-10-16-24(20)25/h5-16H,1-4H3/b11-5-,12-6-. The molecule has 0 amide bonds. The summed E-state index contributed by atoms with van der Waals surface area (Å²) in [7, 11) is 0. The molecule has 0 radical (unpaired) electrons. The number of ether oxygens (including phenoxy) is 1. The van der Waals surface area contributed by atoms with E-state index < -0.39 is 0 Å². The first-order chi connectivity index (χ1) is 12.7. The van der Waals surface area contributed by atoms with Crippen LogP contribution in [0.5, 0.6) is 0 Å². The molecule has 0 aromatic heterocycles. The third-order valence-corrected chi connectivity index (χ3v) is 5.49. The lowest BCUT2D eigenvalue weighted by molar-refractivity contribution is 0.280. The second-order valence-electron chi connectivity index (χ2n) is 6.88. The van der Waals surface area contributed by atoms with E-state index in [0.29, 0.717) is 0 Å². The van der Waals surface area contributed by atoms with Crippen LogP contribution in [0.1, 0.15) is 38.8 Å². The fourth-order valence-corrected chi connectivity index (χ4v) is 4.65. The van der Waals surface area contributed by atoms with Crippen molar-refractivity contribution in [2.24, 2.45) is 0 Å². The van der Waals surface area contributed by atoms with Gasteiger partial charge >= 0.3 is 0 Å². The van der Waals surface area contributed by atoms with Crippen molar-refractivity contribution in [1.82, 2.24) is 0 Å². The largest absolute Gasteiger partial charge is 0.466 e. The molecule has 1 heterocycles. The molecule has 4 rings (SSSR count). The van der Waals surface area contributed by atoms with Crippen molar-refractivity contribution >= 4 is 0 Å². The quantitative estimate of drug-likeness (QED) is 0.592. The Kier molecular flexibility index (Phi) is 3.96. The Labute approximate surface area is 156 Å². The third-order valence-electron chi connectivity index (χ3n) is 5.49. The van der Waals surface area contributed by atoms with E-state index in [-0.39, 0.29) is 5.41 Å². The summed E-state index contributed by atoms with van der Waals surface area (Å²) >= 11 is 0. The van der Waals surface area contributed by atoms with Gasteiger partial charge in [0.15, 0.2) is 0 Å². The molecule has 0 saturated heterocycles. The molecule has 1 spiro atoms. The zero-order valence-corrected chi connectivity index (χ0v) is 15.8. The highest BCUT2D eigenvalue weighted by Crippen LogP contribution is 2.59. The Bertz CT molecular complexity index is 917. The maximum absolute atomic E-state index is 6.19. The summed E-state index contributed by atoms with van der Waals surface area (Å²) in [6.07, 6.45) is 8.65. The molecule has 2 aromatic carbocycles. The molecular weight excluding hydrogens is 316 g/mol. The van der Waals surface area contributed by atoms with Crippen LogP contribution in [0.15, 0.2) is 95.5 Å². The van der Waals surface area contributed by atoms with Gasteiger partial charge in [0.25, 0.3) is 0 Å². The number of hydrogen-bond acceptors (Lipinski definition) is 1. The van der Waals surface area contributed by atoms with Gasteiger partial charge in [0.1, 0.15) is 11.5 Å². The fourth-order valence-electron chi connectivity index (χ4n) is 4.65. The molecule has 0 saturated carbocycles. The van der Waals surface area contributed by atoms with Crippen LogP contribution in [0, 0.1) is 0 Å². The number of allylic oxidation sites excluding steroid dienone is 8. The van der Waals surface area contributed by atoms with Gasteiger partial charge in [-0.05, 0) is 49.9 Å². The summed E-state index contributed by atoms with van der Waals surface area (Å²) in [4.78, 5) is 0. The maximum atomic E-state index is 6.19. The van der Waals surface area contributed by atoms with E-state index in [1.54, 1.807) is 0 Å². The van der Waals surface area contributed by atoms with Crippen LogP contribution in [-0.2, 0) is 10.2 Å². The predicted octanol–water partition coefficient (Wildman–Crippen LogP) is 6.68. The lowest BCUT2D eigenvalue weighted by Crippen LogP contribution is -2.34. The van der Waals surface area contributed by atoms with E-state index in [0.717, 1.165) is 11.5 Å². The molecule has 0 bridgehead atoms. The van der Waals surface area contributed by atoms with E-state index in [4.69, 9.17) is 4.74 Å². The average molecular weight is 340 g/mol. The SMILES string of the molecule is C/C=C\C1=C(C)OC(C)=C(/C=C\C)C12c1ccccc1-c1ccccc12. The van der Waals surface area contributed by atoms with Crippen LogP contribution in [0.3, 0.4) is 0 Å². The molecule has 130 valence electrons. The lowest BCUT2D eigenvalue weighted by atomic mass is 9.65. The molecule has 2 aromatic rings. The number of fused-ring (bicyclic) bond motifs is 5. The zero-order chi connectivity index (χ0) is 18.3. The van der Waals surface area contributed by atoms with Gasteiger partial charge in [-0.3, -0.25) is 0 Å². The summed E-state index contributed by atoms with van der Waals surface area (Å²) in [6, 6.07) is 17.6. The van der Waals surface area contributed by atoms with Crippen molar-refractivity contribution in [2.45, 2.75) is 33.1 Å². The summed E-state index contributed by atoms with van der Waals surface area (Å²) in [6.45, 7) is 8.30. The van der Waals surface area contributed by atoms with Crippen molar-refractivity contribution < 1.29 is 4.74 Å². The minimum atomic E-state index is -0.321. The normalized spacial score (nSPS) is 18.0. The molecule has 0 unspecified atom stereocenters. The Morgan fingerprint density at radius 1 is 0.692 bits per heavy atom. The first-order valence-electron chi connectivity index (χ1n) is 9.21. The van der Waals surface area contributed by atoms with Gasteiger partial charge in [0.2, 0.25) is 0 Å². The van der Waals surface area contributed by atoms with Crippen LogP contribution >= 0.6 is 0 Å². The maximum Gasteiger partial charge on any atom is 0.105 e. The highest BCUT2D eigenvalue weighted by Gasteiger charge is 2.50. The van der Waals surface area contributed by atoms with Gasteiger partial charge < -0.3 is 4.74 Å². The van der Waals surface area contributed by atoms with Gasteiger partial charge in [-0.25, -0.2) is 0 Å². The Morgan fingerprint density at radius 3 is 1.54 bits per heavy atom. The summed E-state index contributed by atoms with van der Waals surface area (Å²) in [5, 5.41) is 0. The summed E-state index contributed by atoms with van der Waals surface area (Å²) in [5.41, 5.74) is 7.42. The molecule has 1 nitrogen and oxygen atoms in total. The van der Waals surface area contributed by atoms with E-state index in [2.05, 4.69) is 101 Å². The number of rotatable bonds is 2. The second-order valence-corrected chi connectivity index (χ2v) is 6.88. The average Bonchev–Trinajstić information content (AvgIpc) is 2.94. The first-order valence-corrected chi connectivity index (χ1v) is 9.21. The van der Waals surface area contributed by atoms with Crippen LogP contribution < -0.4 is 0 Å². The van der Waals surface area contributed by atoms with Crippen molar-refractivity contribution in [3.63, 3.8) is 0 Å². The van der Waals surface area contributed by atoms with E-state index in [1.807, 2.05) is 0 Å². The molecule has 26 heavy (non-hydrogen) atoms. The molecule has 1 aliphatic carbocycles. The van der Waals surface area contributed by atoms with E-state index in [9.17, 15) is 0 Å².